The Morgan fingerprint density at radius 1 is 0.774 bits per heavy atom. The molecule has 31 heavy (non-hydrogen) atoms. The molecule has 0 unspecified atom stereocenters. The van der Waals surface area contributed by atoms with Crippen LogP contribution in [0.25, 0.3) is 0 Å². The SMILES string of the molecule is CCOC(=O)CN1C(=O)[C@@H](OC(=O)c2ccccc2)[C@H](OC(=O)c2ccccc2)C1=O. The molecule has 0 aromatic heterocycles. The zero-order valence-electron chi connectivity index (χ0n) is 16.6. The van der Waals surface area contributed by atoms with Gasteiger partial charge in [-0.15, -0.1) is 0 Å². The molecule has 2 atom stereocenters. The third-order valence-corrected chi connectivity index (χ3v) is 4.37. The standard InChI is InChI=1S/C22H19NO8/c1-2-29-16(24)13-23-19(25)17(30-21(27)14-9-5-3-6-10-14)18(20(23)26)31-22(28)15-11-7-4-8-12-15/h3-12,17-18H,2,13H2,1H3/t17-,18-/m0/s1. The van der Waals surface area contributed by atoms with Crippen molar-refractivity contribution in [3.63, 3.8) is 0 Å². The number of esters is 3. The van der Waals surface area contributed by atoms with Crippen LogP contribution in [0.1, 0.15) is 27.6 Å². The number of amides is 2. The number of carbonyl (C=O) groups excluding carboxylic acids is 5. The van der Waals surface area contributed by atoms with Gasteiger partial charge in [-0.2, -0.15) is 0 Å². The van der Waals surface area contributed by atoms with E-state index in [1.54, 1.807) is 43.3 Å². The van der Waals surface area contributed by atoms with E-state index in [9.17, 15) is 24.0 Å². The Hall–Kier alpha value is -4.01. The van der Waals surface area contributed by atoms with E-state index in [4.69, 9.17) is 14.2 Å². The summed E-state index contributed by atoms with van der Waals surface area (Å²) in [7, 11) is 0. The molecule has 1 aliphatic heterocycles. The van der Waals surface area contributed by atoms with Crippen LogP contribution >= 0.6 is 0 Å². The fourth-order valence-corrected chi connectivity index (χ4v) is 2.91. The Morgan fingerprint density at radius 3 is 1.58 bits per heavy atom. The molecule has 1 fully saturated rings. The smallest absolute Gasteiger partial charge is 0.339 e. The van der Waals surface area contributed by atoms with Gasteiger partial charge in [0.25, 0.3) is 11.8 Å². The summed E-state index contributed by atoms with van der Waals surface area (Å²) in [6, 6.07) is 15.6. The molecule has 0 N–H and O–H groups in total. The van der Waals surface area contributed by atoms with E-state index in [0.29, 0.717) is 4.90 Å². The minimum absolute atomic E-state index is 0.0495. The minimum atomic E-state index is -1.73. The van der Waals surface area contributed by atoms with Crippen molar-refractivity contribution >= 4 is 29.7 Å². The lowest BCUT2D eigenvalue weighted by molar-refractivity contribution is -0.153. The number of rotatable bonds is 7. The molecule has 0 bridgehead atoms. The molecule has 0 spiro atoms. The van der Waals surface area contributed by atoms with Crippen molar-refractivity contribution in [1.82, 2.24) is 4.90 Å². The number of nitrogens with zero attached hydrogens (tertiary/aromatic N) is 1. The summed E-state index contributed by atoms with van der Waals surface area (Å²) in [5, 5.41) is 0. The molecule has 1 heterocycles. The first-order valence-electron chi connectivity index (χ1n) is 9.45. The molecule has 160 valence electrons. The van der Waals surface area contributed by atoms with Crippen molar-refractivity contribution in [3.8, 4) is 0 Å². The Kier molecular flexibility index (Phi) is 6.76. The topological polar surface area (TPSA) is 116 Å². The molecule has 9 heteroatoms. The molecule has 3 rings (SSSR count). The lowest BCUT2D eigenvalue weighted by Gasteiger charge is -2.16. The van der Waals surface area contributed by atoms with Gasteiger partial charge in [0.15, 0.2) is 0 Å². The van der Waals surface area contributed by atoms with Crippen molar-refractivity contribution in [2.24, 2.45) is 0 Å². The zero-order chi connectivity index (χ0) is 22.4. The van der Waals surface area contributed by atoms with Crippen molar-refractivity contribution in [3.05, 3.63) is 71.8 Å². The van der Waals surface area contributed by atoms with Crippen molar-refractivity contribution < 1.29 is 38.2 Å². The van der Waals surface area contributed by atoms with Gasteiger partial charge >= 0.3 is 17.9 Å². The highest BCUT2D eigenvalue weighted by atomic mass is 16.6. The maximum atomic E-state index is 12.8. The van der Waals surface area contributed by atoms with Gasteiger partial charge in [0.05, 0.1) is 17.7 Å². The average molecular weight is 425 g/mol. The maximum Gasteiger partial charge on any atom is 0.339 e. The van der Waals surface area contributed by atoms with Gasteiger partial charge in [0, 0.05) is 0 Å². The molecular weight excluding hydrogens is 406 g/mol. The maximum absolute atomic E-state index is 12.8. The third kappa shape index (κ3) is 4.95. The quantitative estimate of drug-likeness (QED) is 0.371. The molecule has 2 aromatic rings. The number of hydrogen-bond donors (Lipinski definition) is 0. The highest BCUT2D eigenvalue weighted by molar-refractivity contribution is 6.11. The lowest BCUT2D eigenvalue weighted by atomic mass is 10.2. The van der Waals surface area contributed by atoms with E-state index in [1.807, 2.05) is 0 Å². The Balaban J connectivity index is 1.84. The van der Waals surface area contributed by atoms with E-state index in [0.717, 1.165) is 0 Å². The molecule has 0 saturated carbocycles. The van der Waals surface area contributed by atoms with E-state index in [2.05, 4.69) is 0 Å². The summed E-state index contributed by atoms with van der Waals surface area (Å²) < 4.78 is 15.2. The average Bonchev–Trinajstić information content (AvgIpc) is 2.99. The number of benzene rings is 2. The highest BCUT2D eigenvalue weighted by Crippen LogP contribution is 2.23. The predicted octanol–water partition coefficient (Wildman–Crippen LogP) is 1.37. The van der Waals surface area contributed by atoms with Crippen LogP contribution in [0.4, 0.5) is 0 Å². The van der Waals surface area contributed by atoms with Crippen LogP contribution < -0.4 is 0 Å². The van der Waals surface area contributed by atoms with Crippen LogP contribution in [0, 0.1) is 0 Å². The molecule has 1 aliphatic rings. The van der Waals surface area contributed by atoms with E-state index < -0.39 is 48.5 Å². The van der Waals surface area contributed by atoms with Crippen LogP contribution in [-0.4, -0.2) is 60.0 Å². The third-order valence-electron chi connectivity index (χ3n) is 4.37. The second kappa shape index (κ2) is 9.66. The summed E-state index contributed by atoms with van der Waals surface area (Å²) in [5.41, 5.74) is 0.277. The molecule has 2 aromatic carbocycles. The van der Waals surface area contributed by atoms with E-state index >= 15 is 0 Å². The number of ether oxygens (including phenoxy) is 3. The number of carbonyl (C=O) groups is 5. The van der Waals surface area contributed by atoms with Gasteiger partial charge in [-0.1, -0.05) is 36.4 Å². The molecular formula is C22H19NO8. The fourth-order valence-electron chi connectivity index (χ4n) is 2.91. The largest absolute Gasteiger partial charge is 0.465 e. The number of likely N-dealkylation sites (tertiary alicyclic amines) is 1. The first kappa shape index (κ1) is 21.7. The summed E-state index contributed by atoms with van der Waals surface area (Å²) >= 11 is 0. The van der Waals surface area contributed by atoms with E-state index in [1.165, 1.54) is 24.3 Å². The van der Waals surface area contributed by atoms with Gasteiger partial charge in [-0.3, -0.25) is 19.3 Å². The van der Waals surface area contributed by atoms with Crippen molar-refractivity contribution in [2.75, 3.05) is 13.2 Å². The summed E-state index contributed by atoms with van der Waals surface area (Å²) in [6.07, 6.45) is -3.47. The Morgan fingerprint density at radius 2 is 1.19 bits per heavy atom. The second-order valence-electron chi connectivity index (χ2n) is 6.45. The summed E-state index contributed by atoms with van der Waals surface area (Å²) in [4.78, 5) is 62.8. The fraction of sp³-hybridized carbons (Fsp3) is 0.227. The predicted molar refractivity (Wildman–Crippen MR) is 105 cm³/mol. The molecule has 9 nitrogen and oxygen atoms in total. The van der Waals surface area contributed by atoms with Gasteiger partial charge in [-0.25, -0.2) is 9.59 Å². The van der Waals surface area contributed by atoms with Gasteiger partial charge in [0.2, 0.25) is 12.2 Å². The lowest BCUT2D eigenvalue weighted by Crippen LogP contribution is -2.38. The normalized spacial score (nSPS) is 17.9. The first-order valence-corrected chi connectivity index (χ1v) is 9.45. The van der Waals surface area contributed by atoms with Crippen molar-refractivity contribution in [1.29, 1.82) is 0 Å². The van der Waals surface area contributed by atoms with Crippen LogP contribution in [0.5, 0.6) is 0 Å². The van der Waals surface area contributed by atoms with Crippen LogP contribution in [0.3, 0.4) is 0 Å². The Bertz CT molecular complexity index is 918. The minimum Gasteiger partial charge on any atom is -0.465 e. The van der Waals surface area contributed by atoms with Crippen LogP contribution in [0.15, 0.2) is 60.7 Å². The van der Waals surface area contributed by atoms with Gasteiger partial charge in [0.1, 0.15) is 6.54 Å². The van der Waals surface area contributed by atoms with Gasteiger partial charge in [-0.05, 0) is 31.2 Å². The van der Waals surface area contributed by atoms with Crippen LogP contribution in [0.2, 0.25) is 0 Å². The second-order valence-corrected chi connectivity index (χ2v) is 6.45. The first-order chi connectivity index (χ1) is 14.9. The molecule has 0 aliphatic carbocycles. The molecule has 2 amide bonds. The summed E-state index contributed by atoms with van der Waals surface area (Å²) in [6.45, 7) is 0.929. The summed E-state index contributed by atoms with van der Waals surface area (Å²) in [5.74, 6) is -4.55. The molecule has 0 radical (unpaired) electrons. The number of imide groups is 1. The number of hydrogen-bond acceptors (Lipinski definition) is 8. The van der Waals surface area contributed by atoms with Crippen LogP contribution in [-0.2, 0) is 28.6 Å². The van der Waals surface area contributed by atoms with E-state index in [-0.39, 0.29) is 17.7 Å². The van der Waals surface area contributed by atoms with Gasteiger partial charge < -0.3 is 14.2 Å². The monoisotopic (exact) mass is 425 g/mol. The van der Waals surface area contributed by atoms with Crippen molar-refractivity contribution in [2.45, 2.75) is 19.1 Å². The molecule has 1 saturated heterocycles. The highest BCUT2D eigenvalue weighted by Gasteiger charge is 2.53. The Labute approximate surface area is 177 Å². The zero-order valence-corrected chi connectivity index (χ0v) is 16.6.